The molecule has 1 aromatic heterocycles. The summed E-state index contributed by atoms with van der Waals surface area (Å²) in [6, 6.07) is 13.0. The van der Waals surface area contributed by atoms with Gasteiger partial charge in [0.25, 0.3) is 0 Å². The number of aliphatic carboxylic acids is 1. The van der Waals surface area contributed by atoms with Crippen molar-refractivity contribution in [3.8, 4) is 10.4 Å². The first-order chi connectivity index (χ1) is 11.0. The van der Waals surface area contributed by atoms with E-state index in [2.05, 4.69) is 52.0 Å². The molecule has 2 aromatic rings. The fourth-order valence-corrected chi connectivity index (χ4v) is 4.77. The first-order valence-corrected chi connectivity index (χ1v) is 9.46. The fraction of sp³-hybridized carbons (Fsp3) is 0.389. The van der Waals surface area contributed by atoms with Gasteiger partial charge >= 0.3 is 5.97 Å². The Morgan fingerprint density at radius 2 is 2.09 bits per heavy atom. The number of piperidine rings is 1. The summed E-state index contributed by atoms with van der Waals surface area (Å²) >= 11 is 5.39. The Bertz CT molecular complexity index is 700. The standard InChI is InChI=1S/C18H20BrNO2S/c1-12-6-7-13(18(21)22)10-20(12)11-14-8-9-17(23-14)15-4-2-3-5-16(15)19/h2-5,8-9,12-13H,6-7,10-11H2,1H3,(H,21,22). The Labute approximate surface area is 149 Å². The molecule has 122 valence electrons. The van der Waals surface area contributed by atoms with E-state index in [-0.39, 0.29) is 5.92 Å². The monoisotopic (exact) mass is 393 g/mol. The van der Waals surface area contributed by atoms with Crippen molar-refractivity contribution in [1.29, 1.82) is 0 Å². The molecule has 0 aliphatic carbocycles. The predicted molar refractivity (Wildman–Crippen MR) is 97.7 cm³/mol. The highest BCUT2D eigenvalue weighted by molar-refractivity contribution is 9.10. The average Bonchev–Trinajstić information content (AvgIpc) is 2.98. The maximum atomic E-state index is 11.3. The molecule has 2 unspecified atom stereocenters. The van der Waals surface area contributed by atoms with Crippen LogP contribution in [0.2, 0.25) is 0 Å². The molecule has 3 rings (SSSR count). The van der Waals surface area contributed by atoms with Gasteiger partial charge in [-0.2, -0.15) is 0 Å². The van der Waals surface area contributed by atoms with Gasteiger partial charge in [0, 0.05) is 38.9 Å². The zero-order chi connectivity index (χ0) is 16.4. The summed E-state index contributed by atoms with van der Waals surface area (Å²) in [5.41, 5.74) is 1.21. The Kier molecular flexibility index (Phi) is 5.19. The third-order valence-electron chi connectivity index (χ3n) is 4.52. The first-order valence-electron chi connectivity index (χ1n) is 7.85. The van der Waals surface area contributed by atoms with Gasteiger partial charge in [-0.1, -0.05) is 34.1 Å². The van der Waals surface area contributed by atoms with E-state index < -0.39 is 5.97 Å². The van der Waals surface area contributed by atoms with Crippen molar-refractivity contribution in [2.75, 3.05) is 6.54 Å². The number of benzene rings is 1. The summed E-state index contributed by atoms with van der Waals surface area (Å²) in [4.78, 5) is 16.1. The summed E-state index contributed by atoms with van der Waals surface area (Å²) in [5.74, 6) is -0.893. The van der Waals surface area contributed by atoms with Gasteiger partial charge in [0.15, 0.2) is 0 Å². The van der Waals surface area contributed by atoms with Crippen molar-refractivity contribution in [1.82, 2.24) is 4.90 Å². The Morgan fingerprint density at radius 3 is 2.83 bits per heavy atom. The number of rotatable bonds is 4. The molecular weight excluding hydrogens is 374 g/mol. The van der Waals surface area contributed by atoms with Crippen molar-refractivity contribution < 1.29 is 9.90 Å². The van der Waals surface area contributed by atoms with Gasteiger partial charge in [0.05, 0.1) is 5.92 Å². The lowest BCUT2D eigenvalue weighted by atomic mass is 9.93. The molecule has 1 N–H and O–H groups in total. The number of thiophene rings is 1. The molecule has 1 aliphatic heterocycles. The van der Waals surface area contributed by atoms with Crippen LogP contribution in [-0.2, 0) is 11.3 Å². The van der Waals surface area contributed by atoms with E-state index in [9.17, 15) is 9.90 Å². The number of carbonyl (C=O) groups is 1. The van der Waals surface area contributed by atoms with Crippen LogP contribution in [0.4, 0.5) is 0 Å². The molecule has 2 atom stereocenters. The summed E-state index contributed by atoms with van der Waals surface area (Å²) in [7, 11) is 0. The van der Waals surface area contributed by atoms with Gasteiger partial charge in [-0.3, -0.25) is 9.69 Å². The minimum Gasteiger partial charge on any atom is -0.481 e. The van der Waals surface area contributed by atoms with Crippen LogP contribution in [0.15, 0.2) is 40.9 Å². The summed E-state index contributed by atoms with van der Waals surface area (Å²) in [6.45, 7) is 3.68. The molecule has 0 saturated carbocycles. The maximum Gasteiger partial charge on any atom is 0.307 e. The minimum absolute atomic E-state index is 0.228. The van der Waals surface area contributed by atoms with Crippen LogP contribution in [0, 0.1) is 5.92 Å². The zero-order valence-corrected chi connectivity index (χ0v) is 15.4. The van der Waals surface area contributed by atoms with Crippen molar-refractivity contribution in [3.05, 3.63) is 45.7 Å². The molecule has 1 aromatic carbocycles. The van der Waals surface area contributed by atoms with Gasteiger partial charge in [-0.25, -0.2) is 0 Å². The summed E-state index contributed by atoms with van der Waals surface area (Å²) < 4.78 is 1.10. The number of hydrogen-bond donors (Lipinski definition) is 1. The van der Waals surface area contributed by atoms with E-state index in [1.807, 2.05) is 12.1 Å². The molecule has 5 heteroatoms. The summed E-state index contributed by atoms with van der Waals surface area (Å²) in [5, 5.41) is 9.26. The van der Waals surface area contributed by atoms with Crippen molar-refractivity contribution in [3.63, 3.8) is 0 Å². The number of halogens is 1. The third-order valence-corrected chi connectivity index (χ3v) is 6.32. The highest BCUT2D eigenvalue weighted by atomic mass is 79.9. The van der Waals surface area contributed by atoms with Gasteiger partial charge in [0.2, 0.25) is 0 Å². The van der Waals surface area contributed by atoms with Crippen LogP contribution in [-0.4, -0.2) is 28.6 Å². The van der Waals surface area contributed by atoms with Crippen LogP contribution in [0.3, 0.4) is 0 Å². The lowest BCUT2D eigenvalue weighted by Gasteiger charge is -2.36. The largest absolute Gasteiger partial charge is 0.481 e. The number of carboxylic acid groups (broad SMARTS) is 1. The second-order valence-electron chi connectivity index (χ2n) is 6.14. The Balaban J connectivity index is 1.73. The molecule has 23 heavy (non-hydrogen) atoms. The van der Waals surface area contributed by atoms with Crippen LogP contribution in [0.25, 0.3) is 10.4 Å². The highest BCUT2D eigenvalue weighted by Crippen LogP contribution is 2.34. The van der Waals surface area contributed by atoms with Crippen LogP contribution >= 0.6 is 27.3 Å². The lowest BCUT2D eigenvalue weighted by molar-refractivity contribution is -0.144. The van der Waals surface area contributed by atoms with E-state index in [1.165, 1.54) is 15.3 Å². The quantitative estimate of drug-likeness (QED) is 0.805. The van der Waals surface area contributed by atoms with E-state index >= 15 is 0 Å². The minimum atomic E-state index is -0.665. The second-order valence-corrected chi connectivity index (χ2v) is 8.16. The number of nitrogens with zero attached hydrogens (tertiary/aromatic N) is 1. The van der Waals surface area contributed by atoms with Gasteiger partial charge in [-0.15, -0.1) is 11.3 Å². The predicted octanol–water partition coefficient (Wildman–Crippen LogP) is 4.86. The second kappa shape index (κ2) is 7.16. The average molecular weight is 394 g/mol. The molecule has 0 spiro atoms. The SMILES string of the molecule is CC1CCC(C(=O)O)CN1Cc1ccc(-c2ccccc2Br)s1. The maximum absolute atomic E-state index is 11.3. The Hall–Kier alpha value is -1.17. The number of carboxylic acids is 1. The fourth-order valence-electron chi connectivity index (χ4n) is 3.07. The van der Waals surface area contributed by atoms with Gasteiger partial charge < -0.3 is 5.11 Å². The van der Waals surface area contributed by atoms with Gasteiger partial charge in [0.1, 0.15) is 0 Å². The molecule has 1 fully saturated rings. The topological polar surface area (TPSA) is 40.5 Å². The van der Waals surface area contributed by atoms with Gasteiger partial charge in [-0.05, 0) is 38.0 Å². The third kappa shape index (κ3) is 3.84. The molecule has 3 nitrogen and oxygen atoms in total. The zero-order valence-electron chi connectivity index (χ0n) is 13.0. The summed E-state index contributed by atoms with van der Waals surface area (Å²) in [6.07, 6.45) is 1.75. The number of hydrogen-bond acceptors (Lipinski definition) is 3. The van der Waals surface area contributed by atoms with Crippen molar-refractivity contribution in [2.24, 2.45) is 5.92 Å². The van der Waals surface area contributed by atoms with Crippen LogP contribution < -0.4 is 0 Å². The lowest BCUT2D eigenvalue weighted by Crippen LogP contribution is -2.43. The van der Waals surface area contributed by atoms with Crippen molar-refractivity contribution in [2.45, 2.75) is 32.4 Å². The van der Waals surface area contributed by atoms with E-state index in [1.54, 1.807) is 11.3 Å². The van der Waals surface area contributed by atoms with E-state index in [4.69, 9.17) is 0 Å². The molecule has 1 aliphatic rings. The molecule has 2 heterocycles. The van der Waals surface area contributed by atoms with E-state index in [0.29, 0.717) is 12.6 Å². The molecular formula is C18H20BrNO2S. The number of likely N-dealkylation sites (tertiary alicyclic amines) is 1. The van der Waals surface area contributed by atoms with Crippen molar-refractivity contribution >= 4 is 33.2 Å². The molecule has 0 radical (unpaired) electrons. The normalized spacial score (nSPS) is 22.2. The first kappa shape index (κ1) is 16.7. The van der Waals surface area contributed by atoms with E-state index in [0.717, 1.165) is 23.9 Å². The van der Waals surface area contributed by atoms with Crippen LogP contribution in [0.1, 0.15) is 24.6 Å². The molecule has 0 bridgehead atoms. The molecule has 1 saturated heterocycles. The Morgan fingerprint density at radius 1 is 1.30 bits per heavy atom. The van der Waals surface area contributed by atoms with Crippen LogP contribution in [0.5, 0.6) is 0 Å². The molecule has 0 amide bonds. The smallest absolute Gasteiger partial charge is 0.307 e. The highest BCUT2D eigenvalue weighted by Gasteiger charge is 2.29.